The van der Waals surface area contributed by atoms with Gasteiger partial charge in [0.2, 0.25) is 0 Å². The van der Waals surface area contributed by atoms with Crippen molar-refractivity contribution < 1.29 is 15.0 Å². The van der Waals surface area contributed by atoms with Crippen LogP contribution in [0.25, 0.3) is 0 Å². The normalized spacial score (nSPS) is 26.7. The van der Waals surface area contributed by atoms with Crippen LogP contribution in [-0.4, -0.2) is 80.5 Å². The molecule has 7 nitrogen and oxygen atoms in total. The maximum atomic E-state index is 12.7. The molecule has 24 heavy (non-hydrogen) atoms. The van der Waals surface area contributed by atoms with E-state index in [9.17, 15) is 15.0 Å². The van der Waals surface area contributed by atoms with Crippen LogP contribution in [0, 0.1) is 0 Å². The van der Waals surface area contributed by atoms with Crippen LogP contribution in [0.5, 0.6) is 0 Å². The highest BCUT2D eigenvalue weighted by Crippen LogP contribution is 2.23. The number of aromatic nitrogens is 2. The smallest absolute Gasteiger partial charge is 0.257 e. The van der Waals surface area contributed by atoms with Crippen LogP contribution in [-0.2, 0) is 6.42 Å². The summed E-state index contributed by atoms with van der Waals surface area (Å²) in [6, 6.07) is 0.0843. The van der Waals surface area contributed by atoms with Crippen LogP contribution < -0.4 is 0 Å². The molecule has 1 aromatic rings. The van der Waals surface area contributed by atoms with Crippen LogP contribution in [0.4, 0.5) is 0 Å². The lowest BCUT2D eigenvalue weighted by molar-refractivity contribution is -0.0291. The van der Waals surface area contributed by atoms with Crippen LogP contribution >= 0.6 is 0 Å². The molecule has 1 aromatic heterocycles. The largest absolute Gasteiger partial charge is 0.393 e. The Morgan fingerprint density at radius 1 is 1.29 bits per heavy atom. The topological polar surface area (TPSA) is 92.7 Å². The van der Waals surface area contributed by atoms with E-state index in [-0.39, 0.29) is 18.1 Å². The lowest BCUT2D eigenvalue weighted by atomic mass is 9.96. The minimum absolute atomic E-state index is 0.0428. The van der Waals surface area contributed by atoms with E-state index in [0.29, 0.717) is 18.7 Å². The van der Waals surface area contributed by atoms with Gasteiger partial charge in [0, 0.05) is 37.9 Å². The maximum Gasteiger partial charge on any atom is 0.257 e. The number of aryl methyl sites for hydroxylation is 1. The van der Waals surface area contributed by atoms with Gasteiger partial charge in [0.25, 0.3) is 5.91 Å². The number of β-amino-alcohol motifs (C(OH)–C–C–N with tert-alkyl or cyclic N) is 1. The molecule has 0 unspecified atom stereocenters. The molecule has 3 heterocycles. The summed E-state index contributed by atoms with van der Waals surface area (Å²) in [5.41, 5.74) is 1.51. The van der Waals surface area contributed by atoms with Crippen molar-refractivity contribution in [3.63, 3.8) is 0 Å². The molecule has 0 spiro atoms. The van der Waals surface area contributed by atoms with Crippen molar-refractivity contribution in [2.75, 3.05) is 26.2 Å². The molecule has 134 valence electrons. The fourth-order valence-corrected chi connectivity index (χ4v) is 3.86. The van der Waals surface area contributed by atoms with Crippen molar-refractivity contribution in [2.45, 2.75) is 57.3 Å². The van der Waals surface area contributed by atoms with E-state index in [2.05, 4.69) is 22.0 Å². The summed E-state index contributed by atoms with van der Waals surface area (Å²) in [6.45, 7) is 4.72. The third kappa shape index (κ3) is 3.63. The van der Waals surface area contributed by atoms with Gasteiger partial charge in [-0.25, -0.2) is 0 Å². The molecule has 3 rings (SSSR count). The van der Waals surface area contributed by atoms with E-state index >= 15 is 0 Å². The van der Waals surface area contributed by atoms with Crippen LogP contribution in [0.15, 0.2) is 6.20 Å². The molecule has 1 amide bonds. The Morgan fingerprint density at radius 3 is 2.71 bits per heavy atom. The minimum Gasteiger partial charge on any atom is -0.393 e. The molecule has 0 aliphatic carbocycles. The van der Waals surface area contributed by atoms with Crippen molar-refractivity contribution >= 4 is 5.91 Å². The maximum absolute atomic E-state index is 12.7. The number of aliphatic hydroxyl groups excluding tert-OH is 2. The number of likely N-dealkylation sites (tertiary alicyclic amines) is 2. The summed E-state index contributed by atoms with van der Waals surface area (Å²) in [7, 11) is 0. The van der Waals surface area contributed by atoms with E-state index < -0.39 is 6.10 Å². The molecule has 3 N–H and O–H groups in total. The van der Waals surface area contributed by atoms with E-state index in [4.69, 9.17) is 0 Å². The van der Waals surface area contributed by atoms with Gasteiger partial charge in [0.05, 0.1) is 24.0 Å². The Labute approximate surface area is 142 Å². The zero-order chi connectivity index (χ0) is 17.1. The number of aliphatic hydroxyl groups is 2. The summed E-state index contributed by atoms with van der Waals surface area (Å²) in [4.78, 5) is 16.7. The molecular weight excluding hydrogens is 308 g/mol. The molecule has 2 atom stereocenters. The molecule has 7 heteroatoms. The number of nitrogens with zero attached hydrogens (tertiary/aromatic N) is 3. The second kappa shape index (κ2) is 7.63. The predicted molar refractivity (Wildman–Crippen MR) is 89.7 cm³/mol. The Morgan fingerprint density at radius 2 is 2.04 bits per heavy atom. The van der Waals surface area contributed by atoms with E-state index in [1.54, 1.807) is 11.1 Å². The Balaban J connectivity index is 1.60. The molecular formula is C17H28N4O3. The predicted octanol–water partition coefficient (Wildman–Crippen LogP) is 0.394. The van der Waals surface area contributed by atoms with Gasteiger partial charge in [-0.2, -0.15) is 5.10 Å². The average Bonchev–Trinajstić information content (AvgIpc) is 3.04. The summed E-state index contributed by atoms with van der Waals surface area (Å²) < 4.78 is 0. The lowest BCUT2D eigenvalue weighted by Gasteiger charge is -2.43. The van der Waals surface area contributed by atoms with E-state index in [1.807, 2.05) is 0 Å². The third-order valence-electron chi connectivity index (χ3n) is 5.25. The van der Waals surface area contributed by atoms with E-state index in [0.717, 1.165) is 50.9 Å². The molecule has 2 aliphatic heterocycles. The van der Waals surface area contributed by atoms with E-state index in [1.165, 1.54) is 0 Å². The Kier molecular flexibility index (Phi) is 5.53. The van der Waals surface area contributed by atoms with Gasteiger partial charge in [-0.05, 0) is 25.7 Å². The summed E-state index contributed by atoms with van der Waals surface area (Å²) in [5, 5.41) is 27.1. The third-order valence-corrected chi connectivity index (χ3v) is 5.25. The zero-order valence-electron chi connectivity index (χ0n) is 14.3. The number of aromatic amines is 1. The average molecular weight is 336 g/mol. The number of rotatable bonds is 4. The van der Waals surface area contributed by atoms with Crippen molar-refractivity contribution in [3.8, 4) is 0 Å². The molecule has 0 aromatic carbocycles. The number of nitrogens with one attached hydrogen (secondary N) is 1. The van der Waals surface area contributed by atoms with Gasteiger partial charge in [-0.3, -0.25) is 14.8 Å². The Hall–Kier alpha value is -1.44. The number of carbonyl (C=O) groups excluding carboxylic acids is 1. The fourth-order valence-electron chi connectivity index (χ4n) is 3.86. The standard InChI is InChI=1S/C17H28N4O3/c1-2-3-14-13(10-18-19-14)17(24)21-9-6-15(16(23)11-21)20-7-4-12(22)5-8-20/h10,12,15-16,22-23H,2-9,11H2,1H3,(H,18,19)/t15-,16-/m1/s1. The zero-order valence-corrected chi connectivity index (χ0v) is 14.3. The van der Waals surface area contributed by atoms with Gasteiger partial charge < -0.3 is 15.1 Å². The first-order valence-electron chi connectivity index (χ1n) is 9.01. The highest BCUT2D eigenvalue weighted by Gasteiger charge is 2.36. The first-order valence-corrected chi connectivity index (χ1v) is 9.01. The number of carbonyl (C=O) groups is 1. The van der Waals surface area contributed by atoms with Crippen molar-refractivity contribution in [1.82, 2.24) is 20.0 Å². The molecule has 0 saturated carbocycles. The molecule has 2 aliphatic rings. The minimum atomic E-state index is -0.542. The lowest BCUT2D eigenvalue weighted by Crippen LogP contribution is -2.57. The first-order chi connectivity index (χ1) is 11.6. The highest BCUT2D eigenvalue weighted by molar-refractivity contribution is 5.95. The second-order valence-corrected chi connectivity index (χ2v) is 6.95. The molecule has 2 saturated heterocycles. The fraction of sp³-hybridized carbons (Fsp3) is 0.765. The molecule has 0 bridgehead atoms. The van der Waals surface area contributed by atoms with Crippen LogP contribution in [0.1, 0.15) is 48.7 Å². The van der Waals surface area contributed by atoms with Crippen LogP contribution in [0.2, 0.25) is 0 Å². The number of hydrogen-bond acceptors (Lipinski definition) is 5. The van der Waals surface area contributed by atoms with Crippen molar-refractivity contribution in [1.29, 1.82) is 0 Å². The van der Waals surface area contributed by atoms with Gasteiger partial charge in [-0.1, -0.05) is 13.3 Å². The highest BCUT2D eigenvalue weighted by atomic mass is 16.3. The van der Waals surface area contributed by atoms with Gasteiger partial charge >= 0.3 is 0 Å². The number of piperidine rings is 2. The SMILES string of the molecule is CCCc1[nH]ncc1C(=O)N1CC[C@@H](N2CCC(O)CC2)[C@H](O)C1. The Bertz CT molecular complexity index is 554. The van der Waals surface area contributed by atoms with Gasteiger partial charge in [0.15, 0.2) is 0 Å². The summed E-state index contributed by atoms with van der Waals surface area (Å²) >= 11 is 0. The number of H-pyrrole nitrogens is 1. The second-order valence-electron chi connectivity index (χ2n) is 6.95. The number of hydrogen-bond donors (Lipinski definition) is 3. The summed E-state index contributed by atoms with van der Waals surface area (Å²) in [6.07, 6.45) is 4.90. The summed E-state index contributed by atoms with van der Waals surface area (Å²) in [5.74, 6) is -0.0428. The van der Waals surface area contributed by atoms with Gasteiger partial charge in [-0.15, -0.1) is 0 Å². The quantitative estimate of drug-likeness (QED) is 0.740. The van der Waals surface area contributed by atoms with Crippen molar-refractivity contribution in [2.24, 2.45) is 0 Å². The molecule has 2 fully saturated rings. The monoisotopic (exact) mass is 336 g/mol. The van der Waals surface area contributed by atoms with Crippen molar-refractivity contribution in [3.05, 3.63) is 17.5 Å². The van der Waals surface area contributed by atoms with Gasteiger partial charge in [0.1, 0.15) is 0 Å². The number of amides is 1. The first kappa shape index (κ1) is 17.4. The molecule has 0 radical (unpaired) electrons. The van der Waals surface area contributed by atoms with Crippen LogP contribution in [0.3, 0.4) is 0 Å².